The quantitative estimate of drug-likeness (QED) is 0.567. The number of aromatic nitrogens is 2. The molecule has 1 aromatic heterocycles. The van der Waals surface area contributed by atoms with Crippen LogP contribution in [0.15, 0.2) is 29.1 Å². The number of nitrogens with zero attached hydrogens (tertiary/aromatic N) is 1. The van der Waals surface area contributed by atoms with Gasteiger partial charge < -0.3 is 10.1 Å². The van der Waals surface area contributed by atoms with Crippen LogP contribution >= 0.6 is 0 Å². The molecular weight excluding hydrogens is 310 g/mol. The first-order valence-electron chi connectivity index (χ1n) is 7.96. The number of fused-ring (bicyclic) bond motifs is 1. The topological polar surface area (TPSA) is 101 Å². The zero-order valence-electron chi connectivity index (χ0n) is 13.6. The lowest BCUT2D eigenvalue weighted by Gasteiger charge is -2.06. The molecule has 0 aliphatic heterocycles. The third kappa shape index (κ3) is 4.65. The molecule has 0 saturated carbocycles. The van der Waals surface area contributed by atoms with E-state index in [4.69, 9.17) is 0 Å². The Morgan fingerprint density at radius 1 is 1.12 bits per heavy atom. The zero-order valence-corrected chi connectivity index (χ0v) is 13.6. The average molecular weight is 331 g/mol. The fraction of sp³-hybridized carbons (Fsp3) is 0.412. The minimum atomic E-state index is -0.312. The van der Waals surface area contributed by atoms with Crippen molar-refractivity contribution < 1.29 is 14.3 Å². The molecule has 0 fully saturated rings. The minimum Gasteiger partial charge on any atom is -0.469 e. The summed E-state index contributed by atoms with van der Waals surface area (Å²) in [5.41, 5.74) is -0.0938. The van der Waals surface area contributed by atoms with Crippen LogP contribution in [0.25, 0.3) is 10.8 Å². The Labute approximate surface area is 139 Å². The molecule has 7 nitrogen and oxygen atoms in total. The molecule has 24 heavy (non-hydrogen) atoms. The number of H-pyrrole nitrogens is 1. The molecule has 1 aromatic carbocycles. The fourth-order valence-electron chi connectivity index (χ4n) is 2.42. The molecule has 1 amide bonds. The van der Waals surface area contributed by atoms with Gasteiger partial charge in [-0.3, -0.25) is 14.4 Å². The lowest BCUT2D eigenvalue weighted by atomic mass is 10.1. The number of amides is 1. The van der Waals surface area contributed by atoms with Crippen LogP contribution in [0.3, 0.4) is 0 Å². The summed E-state index contributed by atoms with van der Waals surface area (Å²) in [4.78, 5) is 34.9. The van der Waals surface area contributed by atoms with Gasteiger partial charge in [-0.1, -0.05) is 31.0 Å². The summed E-state index contributed by atoms with van der Waals surface area (Å²) >= 11 is 0. The largest absolute Gasteiger partial charge is 0.469 e. The smallest absolute Gasteiger partial charge is 0.305 e. The summed E-state index contributed by atoms with van der Waals surface area (Å²) in [6.07, 6.45) is 3.85. The summed E-state index contributed by atoms with van der Waals surface area (Å²) in [6, 6.07) is 6.88. The molecule has 7 heteroatoms. The number of ether oxygens (including phenoxy) is 1. The van der Waals surface area contributed by atoms with Gasteiger partial charge in [-0.05, 0) is 18.9 Å². The van der Waals surface area contributed by atoms with Crippen molar-refractivity contribution in [1.29, 1.82) is 0 Å². The summed E-state index contributed by atoms with van der Waals surface area (Å²) in [5.74, 6) is -0.503. The van der Waals surface area contributed by atoms with E-state index in [1.54, 1.807) is 24.3 Å². The maximum Gasteiger partial charge on any atom is 0.305 e. The Morgan fingerprint density at radius 2 is 1.83 bits per heavy atom. The van der Waals surface area contributed by atoms with Crippen molar-refractivity contribution in [3.8, 4) is 0 Å². The molecule has 0 atom stereocenters. The highest BCUT2D eigenvalue weighted by atomic mass is 16.5. The lowest BCUT2D eigenvalue weighted by Crippen LogP contribution is -2.27. The second-order valence-corrected chi connectivity index (χ2v) is 5.44. The highest BCUT2D eigenvalue weighted by molar-refractivity contribution is 6.04. The molecule has 0 saturated heterocycles. The molecule has 2 rings (SSSR count). The Bertz CT molecular complexity index is 770. The predicted octanol–water partition coefficient (Wildman–Crippen LogP) is 1.78. The fourth-order valence-corrected chi connectivity index (χ4v) is 2.42. The van der Waals surface area contributed by atoms with E-state index >= 15 is 0 Å². The molecular formula is C17H21N3O4. The highest BCUT2D eigenvalue weighted by Gasteiger charge is 2.13. The van der Waals surface area contributed by atoms with Gasteiger partial charge in [-0.2, -0.15) is 5.10 Å². The van der Waals surface area contributed by atoms with Crippen LogP contribution in [-0.4, -0.2) is 35.7 Å². The van der Waals surface area contributed by atoms with Crippen LogP contribution in [0, 0.1) is 0 Å². The number of aromatic amines is 1. The van der Waals surface area contributed by atoms with Gasteiger partial charge in [-0.25, -0.2) is 5.10 Å². The second-order valence-electron chi connectivity index (χ2n) is 5.44. The maximum absolute atomic E-state index is 12.2. The maximum atomic E-state index is 12.2. The predicted molar refractivity (Wildman–Crippen MR) is 89.8 cm³/mol. The number of carbonyl (C=O) groups is 2. The van der Waals surface area contributed by atoms with Crippen molar-refractivity contribution in [2.24, 2.45) is 0 Å². The number of methoxy groups -OCH3 is 1. The first kappa shape index (κ1) is 17.7. The van der Waals surface area contributed by atoms with E-state index in [2.05, 4.69) is 20.3 Å². The lowest BCUT2D eigenvalue weighted by molar-refractivity contribution is -0.140. The summed E-state index contributed by atoms with van der Waals surface area (Å²) in [6.45, 7) is 0.520. The highest BCUT2D eigenvalue weighted by Crippen LogP contribution is 2.12. The number of carbonyl (C=O) groups excluding carboxylic acids is 2. The Balaban J connectivity index is 1.81. The summed E-state index contributed by atoms with van der Waals surface area (Å²) < 4.78 is 4.57. The second kappa shape index (κ2) is 8.81. The van der Waals surface area contributed by atoms with Crippen molar-refractivity contribution >= 4 is 22.6 Å². The number of benzene rings is 1. The minimum absolute atomic E-state index is 0.195. The SMILES string of the molecule is COC(=O)CCCCCCNC(=O)c1n[nH]c(=O)c2ccccc12. The molecule has 128 valence electrons. The van der Waals surface area contributed by atoms with Crippen LogP contribution in [0.5, 0.6) is 0 Å². The Morgan fingerprint density at radius 3 is 2.58 bits per heavy atom. The molecule has 0 radical (unpaired) electrons. The average Bonchev–Trinajstić information content (AvgIpc) is 2.61. The third-order valence-electron chi connectivity index (χ3n) is 3.73. The number of hydrogen-bond donors (Lipinski definition) is 2. The van der Waals surface area contributed by atoms with Gasteiger partial charge in [0.1, 0.15) is 0 Å². The van der Waals surface area contributed by atoms with Gasteiger partial charge >= 0.3 is 5.97 Å². The van der Waals surface area contributed by atoms with Gasteiger partial charge in [0.05, 0.1) is 12.5 Å². The van der Waals surface area contributed by atoms with Gasteiger partial charge in [-0.15, -0.1) is 0 Å². The first-order chi connectivity index (χ1) is 11.6. The van der Waals surface area contributed by atoms with E-state index in [9.17, 15) is 14.4 Å². The molecule has 0 bridgehead atoms. The Hall–Kier alpha value is -2.70. The first-order valence-corrected chi connectivity index (χ1v) is 7.96. The molecule has 1 heterocycles. The zero-order chi connectivity index (χ0) is 17.4. The monoisotopic (exact) mass is 331 g/mol. The van der Waals surface area contributed by atoms with Crippen LogP contribution < -0.4 is 10.9 Å². The number of rotatable bonds is 8. The van der Waals surface area contributed by atoms with E-state index in [0.717, 1.165) is 25.7 Å². The molecule has 2 N–H and O–H groups in total. The van der Waals surface area contributed by atoms with Crippen molar-refractivity contribution in [2.45, 2.75) is 32.1 Å². The molecule has 0 spiro atoms. The molecule has 0 aliphatic carbocycles. The van der Waals surface area contributed by atoms with Gasteiger partial charge in [0, 0.05) is 18.4 Å². The standard InChI is InChI=1S/C17H21N3O4/c1-24-14(21)10-4-2-3-7-11-18-17(23)15-12-8-5-6-9-13(12)16(22)20-19-15/h5-6,8-9H,2-4,7,10-11H2,1H3,(H,18,23)(H,20,22). The summed E-state index contributed by atoms with van der Waals surface area (Å²) in [7, 11) is 1.38. The van der Waals surface area contributed by atoms with Crippen LogP contribution in [0.2, 0.25) is 0 Å². The molecule has 0 aliphatic rings. The Kier molecular flexibility index (Phi) is 6.48. The molecule has 0 unspecified atom stereocenters. The van der Waals surface area contributed by atoms with Crippen molar-refractivity contribution in [3.63, 3.8) is 0 Å². The van der Waals surface area contributed by atoms with Gasteiger partial charge in [0.2, 0.25) is 0 Å². The summed E-state index contributed by atoms with van der Waals surface area (Å²) in [5, 5.41) is 10.0. The third-order valence-corrected chi connectivity index (χ3v) is 3.73. The number of unbranched alkanes of at least 4 members (excludes halogenated alkanes) is 3. The van der Waals surface area contributed by atoms with E-state index in [1.807, 2.05) is 0 Å². The number of hydrogen-bond acceptors (Lipinski definition) is 5. The van der Waals surface area contributed by atoms with Crippen molar-refractivity contribution in [1.82, 2.24) is 15.5 Å². The van der Waals surface area contributed by atoms with E-state index in [0.29, 0.717) is 23.7 Å². The van der Waals surface area contributed by atoms with Crippen LogP contribution in [0.4, 0.5) is 0 Å². The van der Waals surface area contributed by atoms with E-state index in [1.165, 1.54) is 7.11 Å². The van der Waals surface area contributed by atoms with Crippen molar-refractivity contribution in [2.75, 3.05) is 13.7 Å². The van der Waals surface area contributed by atoms with Gasteiger partial charge in [0.25, 0.3) is 11.5 Å². The van der Waals surface area contributed by atoms with E-state index < -0.39 is 0 Å². The molecule has 2 aromatic rings. The van der Waals surface area contributed by atoms with Gasteiger partial charge in [0.15, 0.2) is 5.69 Å². The number of nitrogens with one attached hydrogen (secondary N) is 2. The number of esters is 1. The van der Waals surface area contributed by atoms with E-state index in [-0.39, 0.29) is 23.1 Å². The normalized spacial score (nSPS) is 10.5. The van der Waals surface area contributed by atoms with Crippen LogP contribution in [-0.2, 0) is 9.53 Å². The van der Waals surface area contributed by atoms with Crippen LogP contribution in [0.1, 0.15) is 42.6 Å². The van der Waals surface area contributed by atoms with Crippen molar-refractivity contribution in [3.05, 3.63) is 40.3 Å².